The van der Waals surface area contributed by atoms with Gasteiger partial charge in [0.1, 0.15) is 0 Å². The van der Waals surface area contributed by atoms with Crippen molar-refractivity contribution in [1.29, 1.82) is 0 Å². The molecule has 1 fully saturated rings. The molecule has 0 radical (unpaired) electrons. The van der Waals surface area contributed by atoms with Crippen LogP contribution in [0.2, 0.25) is 0 Å². The molecule has 24 heavy (non-hydrogen) atoms. The zero-order chi connectivity index (χ0) is 17.6. The lowest BCUT2D eigenvalue weighted by molar-refractivity contribution is 0.203. The second-order valence-electron chi connectivity index (χ2n) is 7.23. The second kappa shape index (κ2) is 13.5. The average molecular weight is 341 g/mol. The second-order valence-corrected chi connectivity index (χ2v) is 7.23. The van der Waals surface area contributed by atoms with E-state index in [0.29, 0.717) is 11.8 Å². The summed E-state index contributed by atoms with van der Waals surface area (Å²) in [6.07, 6.45) is 7.27. The molecule has 1 saturated heterocycles. The monoisotopic (exact) mass is 340 g/mol. The largest absolute Gasteiger partial charge is 0.396 e. The van der Waals surface area contributed by atoms with Crippen molar-refractivity contribution in [2.45, 2.75) is 59.3 Å². The third-order valence-corrected chi connectivity index (χ3v) is 4.72. The fourth-order valence-electron chi connectivity index (χ4n) is 3.41. The highest BCUT2D eigenvalue weighted by Crippen LogP contribution is 2.11. The molecule has 5 nitrogen and oxygen atoms in total. The Morgan fingerprint density at radius 1 is 1.12 bits per heavy atom. The molecule has 0 aromatic carbocycles. The van der Waals surface area contributed by atoms with E-state index in [2.05, 4.69) is 36.3 Å². The third kappa shape index (κ3) is 9.48. The number of guanidine groups is 1. The SMILES string of the molecule is CCCC(CCO)CNC(=NCC(C)CN1CCCCC1)NCC. The first-order valence-corrected chi connectivity index (χ1v) is 10.0. The van der Waals surface area contributed by atoms with Gasteiger partial charge in [-0.25, -0.2) is 0 Å². The topological polar surface area (TPSA) is 59.9 Å². The Bertz CT molecular complexity index is 323. The van der Waals surface area contributed by atoms with Gasteiger partial charge in [0, 0.05) is 32.8 Å². The maximum Gasteiger partial charge on any atom is 0.191 e. The molecule has 2 unspecified atom stereocenters. The van der Waals surface area contributed by atoms with Crippen molar-refractivity contribution in [3.8, 4) is 0 Å². The van der Waals surface area contributed by atoms with Crippen LogP contribution in [0.5, 0.6) is 0 Å². The highest BCUT2D eigenvalue weighted by atomic mass is 16.3. The molecule has 0 bridgehead atoms. The minimum absolute atomic E-state index is 0.271. The van der Waals surface area contributed by atoms with Crippen molar-refractivity contribution >= 4 is 5.96 Å². The van der Waals surface area contributed by atoms with E-state index in [1.54, 1.807) is 0 Å². The molecular weight excluding hydrogens is 300 g/mol. The maximum atomic E-state index is 9.19. The molecule has 0 saturated carbocycles. The van der Waals surface area contributed by atoms with E-state index >= 15 is 0 Å². The van der Waals surface area contributed by atoms with Gasteiger partial charge in [-0.15, -0.1) is 0 Å². The summed E-state index contributed by atoms with van der Waals surface area (Å²) in [5, 5.41) is 16.0. The van der Waals surface area contributed by atoms with E-state index in [0.717, 1.165) is 51.4 Å². The van der Waals surface area contributed by atoms with Crippen LogP contribution in [0.15, 0.2) is 4.99 Å². The molecule has 1 heterocycles. The number of aliphatic hydroxyl groups excluding tert-OH is 1. The number of nitrogens with one attached hydrogen (secondary N) is 2. The van der Waals surface area contributed by atoms with Gasteiger partial charge in [0.2, 0.25) is 0 Å². The zero-order valence-corrected chi connectivity index (χ0v) is 16.2. The molecule has 0 aliphatic carbocycles. The number of aliphatic imine (C=N–C) groups is 1. The summed E-state index contributed by atoms with van der Waals surface area (Å²) in [5.41, 5.74) is 0. The number of likely N-dealkylation sites (tertiary alicyclic amines) is 1. The highest BCUT2D eigenvalue weighted by molar-refractivity contribution is 5.79. The zero-order valence-electron chi connectivity index (χ0n) is 16.2. The van der Waals surface area contributed by atoms with Crippen molar-refractivity contribution < 1.29 is 5.11 Å². The minimum atomic E-state index is 0.271. The molecule has 0 spiro atoms. The average Bonchev–Trinajstić information content (AvgIpc) is 2.58. The number of piperidine rings is 1. The summed E-state index contributed by atoms with van der Waals surface area (Å²) in [6.45, 7) is 13.2. The number of hydrogen-bond acceptors (Lipinski definition) is 3. The van der Waals surface area contributed by atoms with E-state index in [9.17, 15) is 5.11 Å². The summed E-state index contributed by atoms with van der Waals surface area (Å²) in [4.78, 5) is 7.36. The number of aliphatic hydroxyl groups is 1. The van der Waals surface area contributed by atoms with Gasteiger partial charge in [0.05, 0.1) is 0 Å². The van der Waals surface area contributed by atoms with Crippen LogP contribution in [-0.4, -0.2) is 61.8 Å². The first-order chi connectivity index (χ1) is 11.7. The Morgan fingerprint density at radius 3 is 2.50 bits per heavy atom. The Balaban J connectivity index is 2.39. The molecule has 0 amide bonds. The summed E-state index contributed by atoms with van der Waals surface area (Å²) < 4.78 is 0. The lowest BCUT2D eigenvalue weighted by atomic mass is 10.0. The van der Waals surface area contributed by atoms with Crippen molar-refractivity contribution in [2.75, 3.05) is 45.9 Å². The third-order valence-electron chi connectivity index (χ3n) is 4.72. The van der Waals surface area contributed by atoms with Crippen LogP contribution in [0.1, 0.15) is 59.3 Å². The fraction of sp³-hybridized carbons (Fsp3) is 0.947. The smallest absolute Gasteiger partial charge is 0.191 e. The normalized spacial score (nSPS) is 19.1. The molecule has 3 N–H and O–H groups in total. The van der Waals surface area contributed by atoms with Crippen LogP contribution >= 0.6 is 0 Å². The Hall–Kier alpha value is -0.810. The van der Waals surface area contributed by atoms with E-state index in [1.165, 1.54) is 32.4 Å². The lowest BCUT2D eigenvalue weighted by Gasteiger charge is -2.28. The van der Waals surface area contributed by atoms with E-state index in [1.807, 2.05) is 0 Å². The van der Waals surface area contributed by atoms with Gasteiger partial charge in [-0.1, -0.05) is 26.7 Å². The Morgan fingerprint density at radius 2 is 1.88 bits per heavy atom. The molecule has 5 heteroatoms. The van der Waals surface area contributed by atoms with Gasteiger partial charge in [-0.3, -0.25) is 4.99 Å². The van der Waals surface area contributed by atoms with Crippen molar-refractivity contribution in [2.24, 2.45) is 16.8 Å². The van der Waals surface area contributed by atoms with Crippen LogP contribution in [0.3, 0.4) is 0 Å². The molecule has 1 aliphatic heterocycles. The van der Waals surface area contributed by atoms with Crippen LogP contribution in [-0.2, 0) is 0 Å². The highest BCUT2D eigenvalue weighted by Gasteiger charge is 2.13. The van der Waals surface area contributed by atoms with Crippen LogP contribution < -0.4 is 10.6 Å². The van der Waals surface area contributed by atoms with Crippen molar-refractivity contribution in [3.05, 3.63) is 0 Å². The van der Waals surface area contributed by atoms with E-state index in [4.69, 9.17) is 4.99 Å². The van der Waals surface area contributed by atoms with Gasteiger partial charge < -0.3 is 20.6 Å². The van der Waals surface area contributed by atoms with Crippen molar-refractivity contribution in [3.63, 3.8) is 0 Å². The molecule has 2 atom stereocenters. The first-order valence-electron chi connectivity index (χ1n) is 10.0. The van der Waals surface area contributed by atoms with Crippen LogP contribution in [0.25, 0.3) is 0 Å². The number of hydrogen-bond donors (Lipinski definition) is 3. The summed E-state index contributed by atoms with van der Waals surface area (Å²) in [5.74, 6) is 2.03. The molecular formula is C19H40N4O. The Kier molecular flexibility index (Phi) is 11.9. The predicted octanol–water partition coefficient (Wildman–Crippen LogP) is 2.46. The summed E-state index contributed by atoms with van der Waals surface area (Å²) in [6, 6.07) is 0. The van der Waals surface area contributed by atoms with Crippen molar-refractivity contribution in [1.82, 2.24) is 15.5 Å². The van der Waals surface area contributed by atoms with Crippen LogP contribution in [0.4, 0.5) is 0 Å². The molecule has 0 aromatic rings. The van der Waals surface area contributed by atoms with Gasteiger partial charge in [0.15, 0.2) is 5.96 Å². The summed E-state index contributed by atoms with van der Waals surface area (Å²) in [7, 11) is 0. The number of rotatable bonds is 11. The number of nitrogens with zero attached hydrogens (tertiary/aromatic N) is 2. The van der Waals surface area contributed by atoms with Gasteiger partial charge in [0.25, 0.3) is 0 Å². The minimum Gasteiger partial charge on any atom is -0.396 e. The maximum absolute atomic E-state index is 9.19. The molecule has 142 valence electrons. The van der Waals surface area contributed by atoms with Gasteiger partial charge in [-0.2, -0.15) is 0 Å². The van der Waals surface area contributed by atoms with Crippen LogP contribution in [0, 0.1) is 11.8 Å². The predicted molar refractivity (Wildman–Crippen MR) is 104 cm³/mol. The molecule has 0 aromatic heterocycles. The van der Waals surface area contributed by atoms with E-state index in [-0.39, 0.29) is 6.61 Å². The summed E-state index contributed by atoms with van der Waals surface area (Å²) >= 11 is 0. The quantitative estimate of drug-likeness (QED) is 0.399. The van der Waals surface area contributed by atoms with E-state index < -0.39 is 0 Å². The first kappa shape index (κ1) is 21.2. The van der Waals surface area contributed by atoms with Gasteiger partial charge >= 0.3 is 0 Å². The lowest BCUT2D eigenvalue weighted by Crippen LogP contribution is -2.40. The fourth-order valence-corrected chi connectivity index (χ4v) is 3.41. The molecule has 1 rings (SSSR count). The van der Waals surface area contributed by atoms with Gasteiger partial charge in [-0.05, 0) is 57.5 Å². The Labute approximate surface area is 149 Å². The molecule has 1 aliphatic rings. The standard InChI is InChI=1S/C19H40N4O/c1-4-9-18(10-13-24)15-22-19(20-5-2)21-14-17(3)16-23-11-7-6-8-12-23/h17-18,24H,4-16H2,1-3H3,(H2,20,21,22).